The molecule has 2 aliphatic rings. The molecule has 1 aromatic rings. The molecular formula is C13H15NO3S. The quantitative estimate of drug-likeness (QED) is 0.816. The molecule has 4 nitrogen and oxygen atoms in total. The number of hydrogen-bond acceptors (Lipinski definition) is 4. The Morgan fingerprint density at radius 3 is 2.89 bits per heavy atom. The standard InChI is InChI=1S/C13H15NO3S/c15-12-6-17-11-2-1-9(5-10(11)14-12)13(3-4-18)7-16-8-13/h1-2,5,18H,3-4,6-8H2,(H,14,15). The minimum absolute atomic E-state index is 0.0545. The van der Waals surface area contributed by atoms with E-state index in [4.69, 9.17) is 9.47 Å². The van der Waals surface area contributed by atoms with Crippen LogP contribution in [0.1, 0.15) is 12.0 Å². The second kappa shape index (κ2) is 4.48. The highest BCUT2D eigenvalue weighted by Crippen LogP contribution is 2.39. The van der Waals surface area contributed by atoms with Crippen molar-refractivity contribution in [1.82, 2.24) is 0 Å². The second-order valence-corrected chi connectivity index (χ2v) is 5.24. The summed E-state index contributed by atoms with van der Waals surface area (Å²) in [6, 6.07) is 5.98. The van der Waals surface area contributed by atoms with Gasteiger partial charge in [0, 0.05) is 5.41 Å². The molecule has 2 heterocycles. The van der Waals surface area contributed by atoms with Crippen molar-refractivity contribution in [3.05, 3.63) is 23.8 Å². The third-order valence-corrected chi connectivity index (χ3v) is 3.80. The molecule has 0 atom stereocenters. The van der Waals surface area contributed by atoms with Crippen molar-refractivity contribution in [3.8, 4) is 5.75 Å². The van der Waals surface area contributed by atoms with Crippen LogP contribution in [-0.4, -0.2) is 31.5 Å². The van der Waals surface area contributed by atoms with Crippen molar-refractivity contribution in [1.29, 1.82) is 0 Å². The van der Waals surface area contributed by atoms with Crippen LogP contribution in [0.2, 0.25) is 0 Å². The van der Waals surface area contributed by atoms with Gasteiger partial charge in [0.05, 0.1) is 18.9 Å². The Balaban J connectivity index is 1.93. The maximum atomic E-state index is 11.3. The maximum absolute atomic E-state index is 11.3. The first kappa shape index (κ1) is 11.9. The molecule has 0 radical (unpaired) electrons. The summed E-state index contributed by atoms with van der Waals surface area (Å²) in [4.78, 5) is 11.3. The number of carbonyl (C=O) groups is 1. The first-order valence-corrected chi connectivity index (χ1v) is 6.63. The van der Waals surface area contributed by atoms with Crippen molar-refractivity contribution in [2.45, 2.75) is 11.8 Å². The zero-order valence-corrected chi connectivity index (χ0v) is 10.8. The molecule has 2 aliphatic heterocycles. The van der Waals surface area contributed by atoms with Crippen molar-refractivity contribution < 1.29 is 14.3 Å². The molecule has 0 spiro atoms. The van der Waals surface area contributed by atoms with Crippen molar-refractivity contribution in [3.63, 3.8) is 0 Å². The zero-order valence-electron chi connectivity index (χ0n) is 9.94. The highest BCUT2D eigenvalue weighted by atomic mass is 32.1. The Bertz CT molecular complexity index is 485. The lowest BCUT2D eigenvalue weighted by atomic mass is 9.76. The van der Waals surface area contributed by atoms with Crippen LogP contribution in [0.3, 0.4) is 0 Å². The molecule has 0 aromatic heterocycles. The summed E-state index contributed by atoms with van der Waals surface area (Å²) in [5.41, 5.74) is 2.00. The molecule has 1 amide bonds. The number of hydrogen-bond donors (Lipinski definition) is 2. The number of benzene rings is 1. The third kappa shape index (κ3) is 1.87. The minimum Gasteiger partial charge on any atom is -0.482 e. The SMILES string of the molecule is O=C1COc2ccc(C3(CCS)COC3)cc2N1. The Hall–Kier alpha value is -1.20. The average molecular weight is 265 g/mol. The highest BCUT2D eigenvalue weighted by Gasteiger charge is 2.40. The molecule has 1 aromatic carbocycles. The molecular weight excluding hydrogens is 250 g/mol. The van der Waals surface area contributed by atoms with Gasteiger partial charge in [0.2, 0.25) is 0 Å². The highest BCUT2D eigenvalue weighted by molar-refractivity contribution is 7.80. The fraction of sp³-hybridized carbons (Fsp3) is 0.462. The van der Waals surface area contributed by atoms with E-state index in [0.717, 1.165) is 36.8 Å². The van der Waals surface area contributed by atoms with Crippen LogP contribution in [0.25, 0.3) is 0 Å². The summed E-state index contributed by atoms with van der Waals surface area (Å²) >= 11 is 4.32. The summed E-state index contributed by atoms with van der Waals surface area (Å²) in [6.45, 7) is 1.54. The number of nitrogens with one attached hydrogen (secondary N) is 1. The van der Waals surface area contributed by atoms with Crippen molar-refractivity contribution in [2.75, 3.05) is 30.9 Å². The molecule has 0 bridgehead atoms. The predicted octanol–water partition coefficient (Wildman–Crippen LogP) is 1.61. The molecule has 0 saturated carbocycles. The number of anilines is 1. The van der Waals surface area contributed by atoms with Crippen LogP contribution in [0.4, 0.5) is 5.69 Å². The summed E-state index contributed by atoms with van der Waals surface area (Å²) in [7, 11) is 0. The fourth-order valence-corrected chi connectivity index (χ4v) is 2.86. The monoisotopic (exact) mass is 265 g/mol. The summed E-state index contributed by atoms with van der Waals surface area (Å²) < 4.78 is 10.7. The summed E-state index contributed by atoms with van der Waals surface area (Å²) in [5, 5.41) is 2.84. The Morgan fingerprint density at radius 2 is 2.22 bits per heavy atom. The van der Waals surface area contributed by atoms with Crippen LogP contribution < -0.4 is 10.1 Å². The lowest BCUT2D eigenvalue weighted by Gasteiger charge is -2.42. The van der Waals surface area contributed by atoms with Gasteiger partial charge in [-0.15, -0.1) is 0 Å². The normalized spacial score (nSPS) is 20.4. The largest absolute Gasteiger partial charge is 0.482 e. The van der Waals surface area contributed by atoms with Gasteiger partial charge in [0.1, 0.15) is 5.75 Å². The van der Waals surface area contributed by atoms with Crippen LogP contribution in [0.15, 0.2) is 18.2 Å². The molecule has 18 heavy (non-hydrogen) atoms. The van der Waals surface area contributed by atoms with E-state index in [1.807, 2.05) is 12.1 Å². The van der Waals surface area contributed by atoms with Crippen molar-refractivity contribution >= 4 is 24.2 Å². The Morgan fingerprint density at radius 1 is 1.39 bits per heavy atom. The maximum Gasteiger partial charge on any atom is 0.262 e. The number of carbonyl (C=O) groups excluding carboxylic acids is 1. The van der Waals surface area contributed by atoms with Gasteiger partial charge in [0.15, 0.2) is 6.61 Å². The number of amides is 1. The fourth-order valence-electron chi connectivity index (χ4n) is 2.43. The first-order valence-electron chi connectivity index (χ1n) is 5.99. The first-order chi connectivity index (χ1) is 8.73. The van der Waals surface area contributed by atoms with Crippen molar-refractivity contribution in [2.24, 2.45) is 0 Å². The van der Waals surface area contributed by atoms with Gasteiger partial charge in [-0.2, -0.15) is 12.6 Å². The van der Waals surface area contributed by atoms with E-state index < -0.39 is 0 Å². The van der Waals surface area contributed by atoms with E-state index >= 15 is 0 Å². The number of thiol groups is 1. The van der Waals surface area contributed by atoms with E-state index in [9.17, 15) is 4.79 Å². The van der Waals surface area contributed by atoms with Gasteiger partial charge < -0.3 is 14.8 Å². The van der Waals surface area contributed by atoms with E-state index in [2.05, 4.69) is 24.0 Å². The molecule has 1 fully saturated rings. The molecule has 0 unspecified atom stereocenters. The number of rotatable bonds is 3. The summed E-state index contributed by atoms with van der Waals surface area (Å²) in [6.07, 6.45) is 0.976. The van der Waals surface area contributed by atoms with Gasteiger partial charge in [-0.25, -0.2) is 0 Å². The summed E-state index contributed by atoms with van der Waals surface area (Å²) in [5.74, 6) is 1.45. The minimum atomic E-state index is -0.104. The number of fused-ring (bicyclic) bond motifs is 1. The molecule has 0 aliphatic carbocycles. The third-order valence-electron chi connectivity index (χ3n) is 3.57. The van der Waals surface area contributed by atoms with Crippen LogP contribution in [-0.2, 0) is 14.9 Å². The van der Waals surface area contributed by atoms with E-state index in [1.165, 1.54) is 5.56 Å². The Labute approximate surface area is 111 Å². The van der Waals surface area contributed by atoms with Gasteiger partial charge >= 0.3 is 0 Å². The lowest BCUT2D eigenvalue weighted by molar-refractivity contribution is -0.118. The molecule has 1 saturated heterocycles. The van der Waals surface area contributed by atoms with Crippen LogP contribution >= 0.6 is 12.6 Å². The van der Waals surface area contributed by atoms with Crippen LogP contribution in [0.5, 0.6) is 5.75 Å². The van der Waals surface area contributed by atoms with Gasteiger partial charge in [-0.3, -0.25) is 4.79 Å². The molecule has 1 N–H and O–H groups in total. The molecule has 96 valence electrons. The second-order valence-electron chi connectivity index (χ2n) is 4.79. The molecule has 3 rings (SSSR count). The van der Waals surface area contributed by atoms with Gasteiger partial charge in [-0.1, -0.05) is 6.07 Å². The van der Waals surface area contributed by atoms with E-state index in [0.29, 0.717) is 0 Å². The average Bonchev–Trinajstić information content (AvgIpc) is 2.33. The van der Waals surface area contributed by atoms with E-state index in [-0.39, 0.29) is 17.9 Å². The molecule has 5 heteroatoms. The lowest BCUT2D eigenvalue weighted by Crippen LogP contribution is -2.47. The topological polar surface area (TPSA) is 47.6 Å². The van der Waals surface area contributed by atoms with E-state index in [1.54, 1.807) is 0 Å². The predicted molar refractivity (Wildman–Crippen MR) is 71.5 cm³/mol. The Kier molecular flexibility index (Phi) is 2.95. The number of ether oxygens (including phenoxy) is 2. The zero-order chi connectivity index (χ0) is 12.6. The van der Waals surface area contributed by atoms with Gasteiger partial charge in [-0.05, 0) is 29.9 Å². The van der Waals surface area contributed by atoms with Crippen LogP contribution in [0, 0.1) is 0 Å². The smallest absolute Gasteiger partial charge is 0.262 e. The van der Waals surface area contributed by atoms with Gasteiger partial charge in [0.25, 0.3) is 5.91 Å².